The van der Waals surface area contributed by atoms with Crippen LogP contribution in [-0.4, -0.2) is 33.3 Å². The van der Waals surface area contributed by atoms with Crippen molar-refractivity contribution in [2.75, 3.05) is 19.8 Å². The molecule has 124 valence electrons. The molecule has 0 atom stereocenters. The Kier molecular flexibility index (Phi) is 6.01. The largest absolute Gasteiger partial charge is 0.494 e. The summed E-state index contributed by atoms with van der Waals surface area (Å²) in [6.45, 7) is 2.69. The lowest BCUT2D eigenvalue weighted by Gasteiger charge is -2.08. The van der Waals surface area contributed by atoms with E-state index < -0.39 is 9.84 Å². The Bertz CT molecular complexity index is 648. The maximum Gasteiger partial charge on any atom is 0.206 e. The highest BCUT2D eigenvalue weighted by Crippen LogP contribution is 2.24. The number of hydrogen-bond acceptors (Lipinski definition) is 5. The molecule has 0 radical (unpaired) electrons. The fourth-order valence-electron chi connectivity index (χ4n) is 1.95. The van der Waals surface area contributed by atoms with Crippen molar-refractivity contribution in [3.05, 3.63) is 48.5 Å². The fourth-order valence-corrected chi connectivity index (χ4v) is 3.21. The summed E-state index contributed by atoms with van der Waals surface area (Å²) in [6, 6.07) is 12.5. The minimum Gasteiger partial charge on any atom is -0.494 e. The lowest BCUT2D eigenvalue weighted by atomic mass is 10.3. The van der Waals surface area contributed by atoms with Crippen molar-refractivity contribution in [1.82, 2.24) is 0 Å². The van der Waals surface area contributed by atoms with Crippen LogP contribution in [0.4, 0.5) is 0 Å². The Morgan fingerprint density at radius 3 is 1.65 bits per heavy atom. The minimum absolute atomic E-state index is 0.0908. The van der Waals surface area contributed by atoms with E-state index in [-0.39, 0.29) is 23.0 Å². The molecular formula is C17H20O5S. The fraction of sp³-hybridized carbons (Fsp3) is 0.294. The van der Waals surface area contributed by atoms with Crippen LogP contribution in [0.3, 0.4) is 0 Å². The quantitative estimate of drug-likeness (QED) is 0.802. The monoisotopic (exact) mass is 336 g/mol. The summed E-state index contributed by atoms with van der Waals surface area (Å²) < 4.78 is 35.8. The molecule has 0 saturated heterocycles. The van der Waals surface area contributed by atoms with Gasteiger partial charge in [0.15, 0.2) is 0 Å². The van der Waals surface area contributed by atoms with Gasteiger partial charge in [-0.25, -0.2) is 8.42 Å². The third-order valence-corrected chi connectivity index (χ3v) is 4.89. The summed E-state index contributed by atoms with van der Waals surface area (Å²) in [7, 11) is -3.57. The Balaban J connectivity index is 2.17. The lowest BCUT2D eigenvalue weighted by molar-refractivity contribution is 0.201. The molecule has 0 aliphatic carbocycles. The number of sulfone groups is 1. The summed E-state index contributed by atoms with van der Waals surface area (Å²) >= 11 is 0. The highest BCUT2D eigenvalue weighted by molar-refractivity contribution is 7.91. The Morgan fingerprint density at radius 2 is 1.26 bits per heavy atom. The lowest BCUT2D eigenvalue weighted by Crippen LogP contribution is -2.04. The number of aliphatic hydroxyl groups is 1. The summed E-state index contributed by atoms with van der Waals surface area (Å²) in [4.78, 5) is 0.404. The van der Waals surface area contributed by atoms with E-state index in [2.05, 4.69) is 0 Å². The van der Waals surface area contributed by atoms with Crippen molar-refractivity contribution in [1.29, 1.82) is 0 Å². The summed E-state index contributed by atoms with van der Waals surface area (Å²) in [5.41, 5.74) is 0. The molecule has 0 unspecified atom stereocenters. The van der Waals surface area contributed by atoms with Gasteiger partial charge in [0, 0.05) is 0 Å². The number of aliphatic hydroxyl groups excluding tert-OH is 1. The first-order valence-corrected chi connectivity index (χ1v) is 8.88. The van der Waals surface area contributed by atoms with Crippen molar-refractivity contribution >= 4 is 9.84 Å². The normalized spacial score (nSPS) is 11.2. The summed E-state index contributed by atoms with van der Waals surface area (Å²) in [5, 5.41) is 8.71. The molecule has 2 aromatic rings. The molecule has 0 bridgehead atoms. The van der Waals surface area contributed by atoms with Gasteiger partial charge in [-0.2, -0.15) is 0 Å². The third-order valence-electron chi connectivity index (χ3n) is 3.10. The zero-order valence-electron chi connectivity index (χ0n) is 12.9. The molecule has 0 aliphatic heterocycles. The molecule has 23 heavy (non-hydrogen) atoms. The van der Waals surface area contributed by atoms with E-state index in [9.17, 15) is 8.42 Å². The van der Waals surface area contributed by atoms with E-state index in [1.165, 1.54) is 24.3 Å². The van der Waals surface area contributed by atoms with Crippen LogP contribution >= 0.6 is 0 Å². The Hall–Kier alpha value is -2.05. The highest BCUT2D eigenvalue weighted by Gasteiger charge is 2.17. The predicted molar refractivity (Wildman–Crippen MR) is 86.7 cm³/mol. The smallest absolute Gasteiger partial charge is 0.206 e. The van der Waals surface area contributed by atoms with Gasteiger partial charge < -0.3 is 14.6 Å². The second kappa shape index (κ2) is 7.99. The van der Waals surface area contributed by atoms with E-state index >= 15 is 0 Å². The highest BCUT2D eigenvalue weighted by atomic mass is 32.2. The van der Waals surface area contributed by atoms with Crippen molar-refractivity contribution in [2.24, 2.45) is 0 Å². The van der Waals surface area contributed by atoms with E-state index in [1.807, 2.05) is 6.92 Å². The zero-order chi connectivity index (χ0) is 16.7. The van der Waals surface area contributed by atoms with Gasteiger partial charge in [0.2, 0.25) is 9.84 Å². The van der Waals surface area contributed by atoms with Crippen LogP contribution in [0.1, 0.15) is 13.3 Å². The van der Waals surface area contributed by atoms with E-state index in [0.717, 1.165) is 6.42 Å². The van der Waals surface area contributed by atoms with Gasteiger partial charge in [-0.1, -0.05) is 6.92 Å². The number of hydrogen-bond donors (Lipinski definition) is 1. The van der Waals surface area contributed by atoms with Crippen LogP contribution in [0.2, 0.25) is 0 Å². The van der Waals surface area contributed by atoms with Crippen molar-refractivity contribution in [3.63, 3.8) is 0 Å². The molecule has 6 heteroatoms. The van der Waals surface area contributed by atoms with Gasteiger partial charge >= 0.3 is 0 Å². The average Bonchev–Trinajstić information content (AvgIpc) is 2.59. The maximum atomic E-state index is 12.6. The molecule has 0 saturated carbocycles. The van der Waals surface area contributed by atoms with Gasteiger partial charge in [0.05, 0.1) is 23.0 Å². The van der Waals surface area contributed by atoms with Gasteiger partial charge in [-0.15, -0.1) is 0 Å². The van der Waals surface area contributed by atoms with Crippen molar-refractivity contribution < 1.29 is 23.0 Å². The first kappa shape index (κ1) is 17.3. The molecule has 5 nitrogen and oxygen atoms in total. The molecule has 0 aliphatic rings. The number of ether oxygens (including phenoxy) is 2. The van der Waals surface area contributed by atoms with E-state index in [4.69, 9.17) is 14.6 Å². The van der Waals surface area contributed by atoms with Crippen LogP contribution in [-0.2, 0) is 9.84 Å². The minimum atomic E-state index is -3.57. The average molecular weight is 336 g/mol. The summed E-state index contributed by atoms with van der Waals surface area (Å²) in [6.07, 6.45) is 0.894. The second-order valence-corrected chi connectivity index (χ2v) is 6.82. The second-order valence-electron chi connectivity index (χ2n) is 4.87. The molecule has 2 aromatic carbocycles. The first-order chi connectivity index (χ1) is 11.1. The van der Waals surface area contributed by atoms with Gasteiger partial charge in [0.25, 0.3) is 0 Å². The third kappa shape index (κ3) is 4.46. The molecule has 0 heterocycles. The Morgan fingerprint density at radius 1 is 0.826 bits per heavy atom. The molecule has 1 N–H and O–H groups in total. The summed E-state index contributed by atoms with van der Waals surface area (Å²) in [5.74, 6) is 1.17. The van der Waals surface area contributed by atoms with Crippen molar-refractivity contribution in [2.45, 2.75) is 23.1 Å². The SMILES string of the molecule is CCCOc1ccc(S(=O)(=O)c2ccc(OCCO)cc2)cc1. The Labute approximate surface area is 136 Å². The standard InChI is InChI=1S/C17H20O5S/c1-2-12-21-14-3-7-16(8-4-14)23(19,20)17-9-5-15(6-10-17)22-13-11-18/h3-10,18H,2,11-13H2,1H3. The van der Waals surface area contributed by atoms with Gasteiger partial charge in [0.1, 0.15) is 18.1 Å². The zero-order valence-corrected chi connectivity index (χ0v) is 13.8. The van der Waals surface area contributed by atoms with Crippen LogP contribution < -0.4 is 9.47 Å². The van der Waals surface area contributed by atoms with Crippen molar-refractivity contribution in [3.8, 4) is 11.5 Å². The maximum absolute atomic E-state index is 12.6. The predicted octanol–water partition coefficient (Wildman–Crippen LogP) is 2.68. The van der Waals surface area contributed by atoms with Gasteiger partial charge in [-0.3, -0.25) is 0 Å². The van der Waals surface area contributed by atoms with Crippen LogP contribution in [0.5, 0.6) is 11.5 Å². The van der Waals surface area contributed by atoms with Crippen LogP contribution in [0.15, 0.2) is 58.3 Å². The van der Waals surface area contributed by atoms with E-state index in [0.29, 0.717) is 18.1 Å². The van der Waals surface area contributed by atoms with Gasteiger partial charge in [-0.05, 0) is 55.0 Å². The topological polar surface area (TPSA) is 72.8 Å². The number of benzene rings is 2. The van der Waals surface area contributed by atoms with E-state index in [1.54, 1.807) is 24.3 Å². The molecule has 2 rings (SSSR count). The molecule has 0 fully saturated rings. The molecular weight excluding hydrogens is 316 g/mol. The van der Waals surface area contributed by atoms with Crippen LogP contribution in [0.25, 0.3) is 0 Å². The molecule has 0 aromatic heterocycles. The van der Waals surface area contributed by atoms with Crippen LogP contribution in [0, 0.1) is 0 Å². The number of rotatable bonds is 8. The molecule has 0 spiro atoms. The first-order valence-electron chi connectivity index (χ1n) is 7.39. The molecule has 0 amide bonds.